The molecule has 0 saturated carbocycles. The lowest BCUT2D eigenvalue weighted by Crippen LogP contribution is -2.23. The highest BCUT2D eigenvalue weighted by Crippen LogP contribution is 2.29. The average Bonchev–Trinajstić information content (AvgIpc) is 3.07. The zero-order chi connectivity index (χ0) is 21.4. The summed E-state index contributed by atoms with van der Waals surface area (Å²) in [4.78, 5) is 14.7. The number of amides is 1. The quantitative estimate of drug-likeness (QED) is 0.520. The van der Waals surface area contributed by atoms with Gasteiger partial charge < -0.3 is 14.6 Å². The third kappa shape index (κ3) is 6.35. The van der Waals surface area contributed by atoms with E-state index in [1.165, 1.54) is 11.8 Å². The van der Waals surface area contributed by atoms with Crippen molar-refractivity contribution in [2.75, 3.05) is 32.3 Å². The van der Waals surface area contributed by atoms with Gasteiger partial charge in [-0.25, -0.2) is 0 Å². The van der Waals surface area contributed by atoms with Gasteiger partial charge in [-0.1, -0.05) is 43.6 Å². The van der Waals surface area contributed by atoms with Gasteiger partial charge in [0.25, 0.3) is 0 Å². The fourth-order valence-electron chi connectivity index (χ4n) is 3.05. The molecule has 0 aliphatic heterocycles. The van der Waals surface area contributed by atoms with Crippen LogP contribution in [0.4, 0.5) is 5.69 Å². The van der Waals surface area contributed by atoms with Gasteiger partial charge in [0.05, 0.1) is 24.6 Å². The number of ether oxygens (including phenoxy) is 1. The maximum atomic E-state index is 12.5. The van der Waals surface area contributed by atoms with Crippen molar-refractivity contribution in [3.8, 4) is 5.75 Å². The van der Waals surface area contributed by atoms with Crippen LogP contribution in [-0.2, 0) is 11.3 Å². The van der Waals surface area contributed by atoms with Crippen molar-refractivity contribution in [1.82, 2.24) is 19.7 Å². The minimum Gasteiger partial charge on any atom is -0.495 e. The molecule has 9 heteroatoms. The van der Waals surface area contributed by atoms with E-state index in [4.69, 9.17) is 16.3 Å². The molecule has 0 aliphatic rings. The van der Waals surface area contributed by atoms with Crippen molar-refractivity contribution < 1.29 is 9.53 Å². The Morgan fingerprint density at radius 3 is 2.72 bits per heavy atom. The average molecular weight is 440 g/mol. The van der Waals surface area contributed by atoms with Crippen LogP contribution < -0.4 is 10.1 Å². The fraction of sp³-hybridized carbons (Fsp3) is 0.550. The normalized spacial score (nSPS) is 12.2. The zero-order valence-corrected chi connectivity index (χ0v) is 19.3. The molecule has 0 aliphatic carbocycles. The largest absolute Gasteiger partial charge is 0.495 e. The third-order valence-corrected chi connectivity index (χ3v) is 5.76. The molecule has 0 bridgehead atoms. The van der Waals surface area contributed by atoms with Crippen LogP contribution in [0.3, 0.4) is 0 Å². The van der Waals surface area contributed by atoms with Crippen LogP contribution in [0.5, 0.6) is 5.75 Å². The topological polar surface area (TPSA) is 72.3 Å². The molecule has 29 heavy (non-hydrogen) atoms. The Hall–Kier alpha value is -1.77. The highest BCUT2D eigenvalue weighted by Gasteiger charge is 2.22. The molecule has 0 saturated heterocycles. The standard InChI is InChI=1S/C20H30ClN5O2S/c1-6-8-11-26-19(16(7-2)25(3)4)23-24-20(26)29-13-18(27)22-15-12-14(21)9-10-17(15)28-5/h9-10,12,16H,6-8,11,13H2,1-5H3,(H,22,27)/t16-/m1/s1. The monoisotopic (exact) mass is 439 g/mol. The van der Waals surface area contributed by atoms with Crippen molar-refractivity contribution in [2.45, 2.75) is 50.9 Å². The van der Waals surface area contributed by atoms with Gasteiger partial charge in [0.1, 0.15) is 5.75 Å². The van der Waals surface area contributed by atoms with E-state index in [2.05, 4.69) is 38.8 Å². The van der Waals surface area contributed by atoms with Crippen LogP contribution in [0.15, 0.2) is 23.4 Å². The van der Waals surface area contributed by atoms with Gasteiger partial charge in [-0.3, -0.25) is 9.69 Å². The minimum absolute atomic E-state index is 0.151. The Labute approximate surface area is 182 Å². The smallest absolute Gasteiger partial charge is 0.234 e. The summed E-state index contributed by atoms with van der Waals surface area (Å²) in [7, 11) is 5.65. The third-order valence-electron chi connectivity index (χ3n) is 4.56. The Balaban J connectivity index is 2.12. The predicted molar refractivity (Wildman–Crippen MR) is 119 cm³/mol. The molecule has 160 valence electrons. The van der Waals surface area contributed by atoms with Gasteiger partial charge in [0.2, 0.25) is 5.91 Å². The first kappa shape index (κ1) is 23.5. The van der Waals surface area contributed by atoms with E-state index in [1.807, 2.05) is 14.1 Å². The maximum Gasteiger partial charge on any atom is 0.234 e. The van der Waals surface area contributed by atoms with Gasteiger partial charge in [-0.15, -0.1) is 10.2 Å². The molecule has 1 N–H and O–H groups in total. The molecule has 0 fully saturated rings. The lowest BCUT2D eigenvalue weighted by atomic mass is 10.2. The van der Waals surface area contributed by atoms with Crippen LogP contribution in [-0.4, -0.2) is 52.5 Å². The van der Waals surface area contributed by atoms with E-state index in [-0.39, 0.29) is 17.7 Å². The number of halogens is 1. The first-order chi connectivity index (χ1) is 13.9. The summed E-state index contributed by atoms with van der Waals surface area (Å²) in [5, 5.41) is 13.0. The van der Waals surface area contributed by atoms with Crippen molar-refractivity contribution in [3.63, 3.8) is 0 Å². The molecule has 1 aromatic carbocycles. The molecular formula is C20H30ClN5O2S. The molecule has 0 radical (unpaired) electrons. The predicted octanol–water partition coefficient (Wildman–Crippen LogP) is 4.48. The van der Waals surface area contributed by atoms with E-state index < -0.39 is 0 Å². The van der Waals surface area contributed by atoms with Crippen LogP contribution in [0, 0.1) is 0 Å². The van der Waals surface area contributed by atoms with Gasteiger partial charge in [-0.2, -0.15) is 0 Å². The number of benzene rings is 1. The van der Waals surface area contributed by atoms with Crippen LogP contribution >= 0.6 is 23.4 Å². The Kier molecular flexibility index (Phi) is 9.26. The molecule has 2 aromatic rings. The number of rotatable bonds is 11. The zero-order valence-electron chi connectivity index (χ0n) is 17.7. The van der Waals surface area contributed by atoms with E-state index in [0.29, 0.717) is 16.5 Å². The lowest BCUT2D eigenvalue weighted by molar-refractivity contribution is -0.113. The number of nitrogens with one attached hydrogen (secondary N) is 1. The Bertz CT molecular complexity index is 812. The second-order valence-corrected chi connectivity index (χ2v) is 8.29. The summed E-state index contributed by atoms with van der Waals surface area (Å²) in [5.41, 5.74) is 0.553. The number of nitrogens with zero attached hydrogens (tertiary/aromatic N) is 4. The lowest BCUT2D eigenvalue weighted by Gasteiger charge is -2.23. The SMILES string of the molecule is CCCCn1c(SCC(=O)Nc2cc(Cl)ccc2OC)nnc1[C@@H](CC)N(C)C. The van der Waals surface area contributed by atoms with Crippen LogP contribution in [0.25, 0.3) is 0 Å². The van der Waals surface area contributed by atoms with Crippen molar-refractivity contribution in [2.24, 2.45) is 0 Å². The van der Waals surface area contributed by atoms with Gasteiger partial charge in [-0.05, 0) is 45.1 Å². The van der Waals surface area contributed by atoms with E-state index in [9.17, 15) is 4.79 Å². The number of thioether (sulfide) groups is 1. The van der Waals surface area contributed by atoms with Gasteiger partial charge in [0, 0.05) is 11.6 Å². The summed E-state index contributed by atoms with van der Waals surface area (Å²) in [6.45, 7) is 5.14. The van der Waals surface area contributed by atoms with E-state index in [1.54, 1.807) is 25.3 Å². The first-order valence-corrected chi connectivity index (χ1v) is 11.1. The number of carbonyl (C=O) groups is 1. The summed E-state index contributed by atoms with van der Waals surface area (Å²) in [5.74, 6) is 1.59. The summed E-state index contributed by atoms with van der Waals surface area (Å²) >= 11 is 7.42. The van der Waals surface area contributed by atoms with Crippen LogP contribution in [0.1, 0.15) is 45.0 Å². The minimum atomic E-state index is -0.151. The van der Waals surface area contributed by atoms with Crippen molar-refractivity contribution >= 4 is 35.0 Å². The number of unbranched alkanes of at least 4 members (excludes halogenated alkanes) is 1. The summed E-state index contributed by atoms with van der Waals surface area (Å²) in [6, 6.07) is 5.31. The number of hydrogen-bond acceptors (Lipinski definition) is 6. The second kappa shape index (κ2) is 11.4. The molecule has 1 aromatic heterocycles. The van der Waals surface area contributed by atoms with Crippen molar-refractivity contribution in [1.29, 1.82) is 0 Å². The Morgan fingerprint density at radius 1 is 1.34 bits per heavy atom. The van der Waals surface area contributed by atoms with Gasteiger partial charge >= 0.3 is 0 Å². The van der Waals surface area contributed by atoms with E-state index >= 15 is 0 Å². The first-order valence-electron chi connectivity index (χ1n) is 9.76. The summed E-state index contributed by atoms with van der Waals surface area (Å²) in [6.07, 6.45) is 3.06. The van der Waals surface area contributed by atoms with Gasteiger partial charge in [0.15, 0.2) is 11.0 Å². The highest BCUT2D eigenvalue weighted by molar-refractivity contribution is 7.99. The van der Waals surface area contributed by atoms with E-state index in [0.717, 1.165) is 36.8 Å². The fourth-order valence-corrected chi connectivity index (χ4v) is 4.00. The second-order valence-electron chi connectivity index (χ2n) is 6.92. The molecule has 0 unspecified atom stereocenters. The number of carbonyl (C=O) groups excluding carboxylic acids is 1. The number of hydrogen-bond donors (Lipinski definition) is 1. The van der Waals surface area contributed by atoms with Crippen LogP contribution in [0.2, 0.25) is 5.02 Å². The maximum absolute atomic E-state index is 12.5. The molecular weight excluding hydrogens is 410 g/mol. The number of methoxy groups -OCH3 is 1. The summed E-state index contributed by atoms with van der Waals surface area (Å²) < 4.78 is 7.43. The molecule has 1 amide bonds. The molecule has 2 rings (SSSR count). The highest BCUT2D eigenvalue weighted by atomic mass is 35.5. The molecule has 7 nitrogen and oxygen atoms in total. The van der Waals surface area contributed by atoms with Crippen molar-refractivity contribution in [3.05, 3.63) is 29.0 Å². The number of aromatic nitrogens is 3. The number of anilines is 1. The molecule has 0 spiro atoms. The molecule has 1 heterocycles. The Morgan fingerprint density at radius 2 is 2.10 bits per heavy atom. The molecule has 1 atom stereocenters.